The molecule has 0 unspecified atom stereocenters. The van der Waals surface area contributed by atoms with Gasteiger partial charge in [-0.1, -0.05) is 18.2 Å². The second kappa shape index (κ2) is 4.72. The summed E-state index contributed by atoms with van der Waals surface area (Å²) in [6, 6.07) is 8.42. The Morgan fingerprint density at radius 1 is 1.22 bits per heavy atom. The Morgan fingerprint density at radius 2 is 1.89 bits per heavy atom. The summed E-state index contributed by atoms with van der Waals surface area (Å²) >= 11 is 0. The van der Waals surface area contributed by atoms with Gasteiger partial charge < -0.3 is 11.1 Å². The Bertz CT molecular complexity index is 555. The largest absolute Gasteiger partial charge is 0.394 e. The van der Waals surface area contributed by atoms with Crippen LogP contribution in [0.15, 0.2) is 24.3 Å². The number of aromatic nitrogens is 2. The van der Waals surface area contributed by atoms with Gasteiger partial charge in [-0.15, -0.1) is 0 Å². The molecule has 0 saturated heterocycles. The van der Waals surface area contributed by atoms with Gasteiger partial charge in [-0.25, -0.2) is 4.68 Å². The molecule has 3 N–H and O–H groups in total. The molecule has 0 aliphatic heterocycles. The van der Waals surface area contributed by atoms with E-state index in [4.69, 9.17) is 5.73 Å². The maximum atomic E-state index is 6.09. The first-order valence-corrected chi connectivity index (χ1v) is 6.18. The van der Waals surface area contributed by atoms with Crippen molar-refractivity contribution >= 4 is 17.2 Å². The van der Waals surface area contributed by atoms with Gasteiger partial charge in [0.25, 0.3) is 0 Å². The Kier molecular flexibility index (Phi) is 3.28. The molecule has 0 amide bonds. The van der Waals surface area contributed by atoms with E-state index in [0.717, 1.165) is 17.2 Å². The van der Waals surface area contributed by atoms with Crippen molar-refractivity contribution in [2.45, 2.75) is 33.7 Å². The van der Waals surface area contributed by atoms with Crippen molar-refractivity contribution in [3.05, 3.63) is 35.5 Å². The summed E-state index contributed by atoms with van der Waals surface area (Å²) in [6.45, 7) is 8.18. The molecular weight excluding hydrogens is 224 g/mol. The first-order valence-electron chi connectivity index (χ1n) is 6.18. The lowest BCUT2D eigenvalue weighted by Crippen LogP contribution is -2.08. The lowest BCUT2D eigenvalue weighted by atomic mass is 10.2. The summed E-state index contributed by atoms with van der Waals surface area (Å²) in [7, 11) is 0. The molecule has 0 fully saturated rings. The molecule has 1 aromatic carbocycles. The number of nitrogens with two attached hydrogens (primary N) is 1. The molecule has 4 heteroatoms. The molecule has 2 rings (SSSR count). The second-order valence-electron chi connectivity index (χ2n) is 4.83. The number of rotatable bonds is 3. The van der Waals surface area contributed by atoms with Gasteiger partial charge in [-0.2, -0.15) is 5.10 Å². The first kappa shape index (κ1) is 12.5. The molecule has 2 aromatic rings. The van der Waals surface area contributed by atoms with Crippen LogP contribution in [0.25, 0.3) is 0 Å². The van der Waals surface area contributed by atoms with Crippen LogP contribution in [0.4, 0.5) is 17.2 Å². The smallest absolute Gasteiger partial charge is 0.152 e. The lowest BCUT2D eigenvalue weighted by Gasteiger charge is -2.14. The number of para-hydroxylation sites is 1. The highest BCUT2D eigenvalue weighted by atomic mass is 15.4. The molecule has 1 heterocycles. The van der Waals surface area contributed by atoms with Gasteiger partial charge >= 0.3 is 0 Å². The van der Waals surface area contributed by atoms with Crippen molar-refractivity contribution in [3.8, 4) is 0 Å². The van der Waals surface area contributed by atoms with Gasteiger partial charge in [0.2, 0.25) is 0 Å². The summed E-state index contributed by atoms with van der Waals surface area (Å²) in [5.74, 6) is 0.872. The topological polar surface area (TPSA) is 55.9 Å². The van der Waals surface area contributed by atoms with E-state index in [9.17, 15) is 0 Å². The molecule has 0 atom stereocenters. The van der Waals surface area contributed by atoms with Crippen LogP contribution in [0, 0.1) is 13.8 Å². The molecular formula is C14H20N4. The Morgan fingerprint density at radius 3 is 2.50 bits per heavy atom. The van der Waals surface area contributed by atoms with Crippen molar-refractivity contribution < 1.29 is 0 Å². The minimum Gasteiger partial charge on any atom is -0.394 e. The van der Waals surface area contributed by atoms with E-state index in [1.54, 1.807) is 0 Å². The summed E-state index contributed by atoms with van der Waals surface area (Å²) in [4.78, 5) is 0. The number of nitrogens with one attached hydrogen (secondary N) is 1. The van der Waals surface area contributed by atoms with E-state index in [2.05, 4.69) is 37.3 Å². The summed E-state index contributed by atoms with van der Waals surface area (Å²) in [5.41, 5.74) is 9.92. The molecule has 4 nitrogen and oxygen atoms in total. The van der Waals surface area contributed by atoms with Crippen molar-refractivity contribution in [1.82, 2.24) is 9.78 Å². The number of hydrogen-bond acceptors (Lipinski definition) is 3. The SMILES string of the molecule is Cc1ccccc1Nc1c(N)c(C)nn1C(C)C. The predicted octanol–water partition coefficient (Wildman–Crippen LogP) is 3.41. The number of benzene rings is 1. The summed E-state index contributed by atoms with van der Waals surface area (Å²) in [5, 5.41) is 7.85. The minimum absolute atomic E-state index is 0.271. The highest BCUT2D eigenvalue weighted by molar-refractivity contribution is 5.72. The second-order valence-corrected chi connectivity index (χ2v) is 4.83. The van der Waals surface area contributed by atoms with E-state index in [1.165, 1.54) is 5.56 Å². The summed E-state index contributed by atoms with van der Waals surface area (Å²) in [6.07, 6.45) is 0. The fraction of sp³-hybridized carbons (Fsp3) is 0.357. The molecule has 0 aliphatic rings. The Hall–Kier alpha value is -1.97. The fourth-order valence-electron chi connectivity index (χ4n) is 1.90. The summed E-state index contributed by atoms with van der Waals surface area (Å²) < 4.78 is 1.93. The monoisotopic (exact) mass is 244 g/mol. The number of anilines is 3. The highest BCUT2D eigenvalue weighted by Gasteiger charge is 2.15. The van der Waals surface area contributed by atoms with Gasteiger partial charge in [0, 0.05) is 11.7 Å². The number of nitrogen functional groups attached to an aromatic ring is 1. The van der Waals surface area contributed by atoms with Crippen molar-refractivity contribution in [3.63, 3.8) is 0 Å². The van der Waals surface area contributed by atoms with Crippen LogP contribution >= 0.6 is 0 Å². The van der Waals surface area contributed by atoms with Gasteiger partial charge in [0.15, 0.2) is 5.82 Å². The van der Waals surface area contributed by atoms with Crippen molar-refractivity contribution in [2.24, 2.45) is 0 Å². The highest BCUT2D eigenvalue weighted by Crippen LogP contribution is 2.29. The normalized spacial score (nSPS) is 10.9. The maximum absolute atomic E-state index is 6.09. The molecule has 0 radical (unpaired) electrons. The van der Waals surface area contributed by atoms with Crippen LogP contribution in [-0.4, -0.2) is 9.78 Å². The van der Waals surface area contributed by atoms with Gasteiger partial charge in [0.05, 0.1) is 11.4 Å². The third-order valence-corrected chi connectivity index (χ3v) is 3.02. The van der Waals surface area contributed by atoms with E-state index in [-0.39, 0.29) is 6.04 Å². The van der Waals surface area contributed by atoms with Crippen LogP contribution in [-0.2, 0) is 0 Å². The standard InChI is InChI=1S/C14H20N4/c1-9(2)18-14(13(15)11(4)17-18)16-12-8-6-5-7-10(12)3/h5-9,16H,15H2,1-4H3. The van der Waals surface area contributed by atoms with Crippen LogP contribution in [0.2, 0.25) is 0 Å². The lowest BCUT2D eigenvalue weighted by molar-refractivity contribution is 0.536. The van der Waals surface area contributed by atoms with Crippen LogP contribution in [0.1, 0.15) is 31.1 Å². The quantitative estimate of drug-likeness (QED) is 0.870. The number of aryl methyl sites for hydroxylation is 2. The molecule has 0 saturated carbocycles. The number of nitrogens with zero attached hydrogens (tertiary/aromatic N) is 2. The molecule has 0 bridgehead atoms. The average Bonchev–Trinajstić information content (AvgIpc) is 2.60. The van der Waals surface area contributed by atoms with Gasteiger partial charge in [-0.3, -0.25) is 0 Å². The average molecular weight is 244 g/mol. The van der Waals surface area contributed by atoms with Crippen molar-refractivity contribution in [1.29, 1.82) is 0 Å². The molecule has 1 aromatic heterocycles. The zero-order valence-electron chi connectivity index (χ0n) is 11.4. The van der Waals surface area contributed by atoms with Gasteiger partial charge in [0.1, 0.15) is 0 Å². The van der Waals surface area contributed by atoms with Crippen LogP contribution < -0.4 is 11.1 Å². The van der Waals surface area contributed by atoms with E-state index >= 15 is 0 Å². The first-order chi connectivity index (χ1) is 8.50. The van der Waals surface area contributed by atoms with Crippen LogP contribution in [0.5, 0.6) is 0 Å². The number of hydrogen-bond donors (Lipinski definition) is 2. The van der Waals surface area contributed by atoms with Gasteiger partial charge in [-0.05, 0) is 39.3 Å². The molecule has 96 valence electrons. The Labute approximate surface area is 108 Å². The van der Waals surface area contributed by atoms with E-state index in [0.29, 0.717) is 5.69 Å². The predicted molar refractivity (Wildman–Crippen MR) is 76.2 cm³/mol. The fourth-order valence-corrected chi connectivity index (χ4v) is 1.90. The third kappa shape index (κ3) is 2.18. The minimum atomic E-state index is 0.271. The molecule has 0 aliphatic carbocycles. The van der Waals surface area contributed by atoms with E-state index < -0.39 is 0 Å². The van der Waals surface area contributed by atoms with Crippen molar-refractivity contribution in [2.75, 3.05) is 11.1 Å². The zero-order chi connectivity index (χ0) is 13.3. The maximum Gasteiger partial charge on any atom is 0.152 e. The molecule has 0 spiro atoms. The van der Waals surface area contributed by atoms with Crippen LogP contribution in [0.3, 0.4) is 0 Å². The third-order valence-electron chi connectivity index (χ3n) is 3.02. The Balaban J connectivity index is 2.43. The van der Waals surface area contributed by atoms with E-state index in [1.807, 2.05) is 29.8 Å². The molecule has 18 heavy (non-hydrogen) atoms. The zero-order valence-corrected chi connectivity index (χ0v) is 11.4.